The highest BCUT2D eigenvalue weighted by atomic mass is 19.4. The van der Waals surface area contributed by atoms with Gasteiger partial charge in [-0.25, -0.2) is 0 Å². The highest BCUT2D eigenvalue weighted by molar-refractivity contribution is 5.93. The van der Waals surface area contributed by atoms with Crippen molar-refractivity contribution in [2.45, 2.75) is 25.9 Å². The Morgan fingerprint density at radius 2 is 1.57 bits per heavy atom. The second-order valence-corrected chi connectivity index (χ2v) is 8.08. The molecule has 0 bridgehead atoms. The molecule has 0 unspecified atom stereocenters. The third-order valence-corrected chi connectivity index (χ3v) is 5.54. The van der Waals surface area contributed by atoms with Crippen LogP contribution in [0.25, 0.3) is 0 Å². The number of rotatable bonds is 10. The van der Waals surface area contributed by atoms with E-state index >= 15 is 0 Å². The molecule has 2 aromatic carbocycles. The quantitative estimate of drug-likeness (QED) is 0.506. The Balaban J connectivity index is 1.37. The molecule has 0 spiro atoms. The minimum atomic E-state index is -4.55. The predicted octanol–water partition coefficient (Wildman–Crippen LogP) is 4.05. The first-order valence-corrected chi connectivity index (χ1v) is 11.6. The summed E-state index contributed by atoms with van der Waals surface area (Å²) >= 11 is 0. The molecule has 1 aliphatic rings. The van der Waals surface area contributed by atoms with Crippen LogP contribution in [-0.2, 0) is 15.8 Å². The second kappa shape index (κ2) is 12.4. The van der Waals surface area contributed by atoms with E-state index in [0.29, 0.717) is 63.7 Å². The molecule has 1 heterocycles. The van der Waals surface area contributed by atoms with Crippen molar-refractivity contribution >= 4 is 17.5 Å². The molecule has 0 atom stereocenters. The first kappa shape index (κ1) is 26.3. The Morgan fingerprint density at radius 3 is 2.23 bits per heavy atom. The maximum Gasteiger partial charge on any atom is 0.418 e. The smallest absolute Gasteiger partial charge is 0.418 e. The van der Waals surface area contributed by atoms with Gasteiger partial charge < -0.3 is 19.7 Å². The van der Waals surface area contributed by atoms with Gasteiger partial charge in [0.15, 0.2) is 11.5 Å². The molecule has 0 radical (unpaired) electrons. The lowest BCUT2D eigenvalue weighted by molar-refractivity contribution is -0.137. The summed E-state index contributed by atoms with van der Waals surface area (Å²) in [5.74, 6) is 0.802. The molecule has 3 rings (SSSR count). The lowest BCUT2D eigenvalue weighted by atomic mass is 10.1. The molecule has 10 heteroatoms. The van der Waals surface area contributed by atoms with E-state index in [4.69, 9.17) is 9.47 Å². The standard InChI is InChI=1S/C25H30F3N3O4/c1-2-34-21-10-5-6-11-22(21)35-17-7-12-24(33)31-15-13-30(14-16-31)18-23(32)29-20-9-4-3-8-19(20)25(26,27)28/h3-6,8-11H,2,7,12-18H2,1H3,(H,29,32). The first-order chi connectivity index (χ1) is 16.8. The normalized spacial score (nSPS) is 14.5. The maximum absolute atomic E-state index is 13.1. The number of carbonyl (C=O) groups is 2. The monoisotopic (exact) mass is 493 g/mol. The molecule has 190 valence electrons. The fraction of sp³-hybridized carbons (Fsp3) is 0.440. The average Bonchev–Trinajstić information content (AvgIpc) is 2.83. The van der Waals surface area contributed by atoms with E-state index in [9.17, 15) is 22.8 Å². The Bertz CT molecular complexity index is 992. The van der Waals surface area contributed by atoms with Gasteiger partial charge in [-0.1, -0.05) is 24.3 Å². The van der Waals surface area contributed by atoms with E-state index < -0.39 is 17.6 Å². The molecule has 1 aliphatic heterocycles. The highest BCUT2D eigenvalue weighted by Gasteiger charge is 2.33. The Morgan fingerprint density at radius 1 is 0.943 bits per heavy atom. The Hall–Kier alpha value is -3.27. The number of hydrogen-bond donors (Lipinski definition) is 1. The first-order valence-electron chi connectivity index (χ1n) is 11.6. The van der Waals surface area contributed by atoms with Crippen molar-refractivity contribution in [2.75, 3.05) is 51.3 Å². The number of para-hydroxylation sites is 3. The Kier molecular flexibility index (Phi) is 9.36. The van der Waals surface area contributed by atoms with Crippen molar-refractivity contribution in [3.05, 3.63) is 54.1 Å². The SMILES string of the molecule is CCOc1ccccc1OCCCC(=O)N1CCN(CC(=O)Nc2ccccc2C(F)(F)F)CC1. The van der Waals surface area contributed by atoms with Gasteiger partial charge in [-0.05, 0) is 37.6 Å². The van der Waals surface area contributed by atoms with Crippen molar-refractivity contribution in [1.29, 1.82) is 0 Å². The molecule has 1 fully saturated rings. The minimum Gasteiger partial charge on any atom is -0.490 e. The van der Waals surface area contributed by atoms with Gasteiger partial charge in [0.05, 0.1) is 31.0 Å². The molecular formula is C25H30F3N3O4. The molecule has 1 N–H and O–H groups in total. The summed E-state index contributed by atoms with van der Waals surface area (Å²) in [5.41, 5.74) is -1.14. The third kappa shape index (κ3) is 7.88. The summed E-state index contributed by atoms with van der Waals surface area (Å²) in [6.07, 6.45) is -3.65. The molecule has 0 saturated carbocycles. The number of amides is 2. The number of piperazine rings is 1. The van der Waals surface area contributed by atoms with Gasteiger partial charge >= 0.3 is 6.18 Å². The number of anilines is 1. The van der Waals surface area contributed by atoms with Crippen LogP contribution in [0.3, 0.4) is 0 Å². The van der Waals surface area contributed by atoms with Crippen LogP contribution in [0.5, 0.6) is 11.5 Å². The predicted molar refractivity (Wildman–Crippen MR) is 125 cm³/mol. The topological polar surface area (TPSA) is 71.1 Å². The second-order valence-electron chi connectivity index (χ2n) is 8.08. The number of carbonyl (C=O) groups excluding carboxylic acids is 2. The van der Waals surface area contributed by atoms with Crippen LogP contribution >= 0.6 is 0 Å². The van der Waals surface area contributed by atoms with Gasteiger partial charge in [0.25, 0.3) is 0 Å². The summed E-state index contributed by atoms with van der Waals surface area (Å²) in [5, 5.41) is 2.35. The summed E-state index contributed by atoms with van der Waals surface area (Å²) in [6, 6.07) is 12.3. The van der Waals surface area contributed by atoms with Crippen LogP contribution in [-0.4, -0.2) is 67.6 Å². The lowest BCUT2D eigenvalue weighted by Crippen LogP contribution is -2.50. The molecule has 0 aromatic heterocycles. The van der Waals surface area contributed by atoms with Crippen LogP contribution in [0.4, 0.5) is 18.9 Å². The third-order valence-electron chi connectivity index (χ3n) is 5.54. The zero-order valence-electron chi connectivity index (χ0n) is 19.6. The van der Waals surface area contributed by atoms with Crippen molar-refractivity contribution < 1.29 is 32.2 Å². The molecule has 35 heavy (non-hydrogen) atoms. The molecule has 7 nitrogen and oxygen atoms in total. The van der Waals surface area contributed by atoms with Gasteiger partial charge in [0.2, 0.25) is 11.8 Å². The van der Waals surface area contributed by atoms with Crippen LogP contribution in [0.2, 0.25) is 0 Å². The number of alkyl halides is 3. The number of benzene rings is 2. The zero-order chi connectivity index (χ0) is 25.3. The highest BCUT2D eigenvalue weighted by Crippen LogP contribution is 2.34. The summed E-state index contributed by atoms with van der Waals surface area (Å²) < 4.78 is 50.6. The summed E-state index contributed by atoms with van der Waals surface area (Å²) in [6.45, 7) is 4.63. The van der Waals surface area contributed by atoms with Crippen molar-refractivity contribution in [2.24, 2.45) is 0 Å². The number of halogens is 3. The summed E-state index contributed by atoms with van der Waals surface area (Å²) in [4.78, 5) is 28.4. The van der Waals surface area contributed by atoms with Gasteiger partial charge in [0, 0.05) is 32.6 Å². The van der Waals surface area contributed by atoms with Crippen LogP contribution in [0.1, 0.15) is 25.3 Å². The molecule has 1 saturated heterocycles. The van der Waals surface area contributed by atoms with E-state index in [1.807, 2.05) is 36.1 Å². The minimum absolute atomic E-state index is 0.00917. The number of nitrogens with zero attached hydrogens (tertiary/aromatic N) is 2. The fourth-order valence-electron chi connectivity index (χ4n) is 3.80. The van der Waals surface area contributed by atoms with Gasteiger partial charge in [-0.2, -0.15) is 13.2 Å². The fourth-order valence-corrected chi connectivity index (χ4v) is 3.80. The van der Waals surface area contributed by atoms with E-state index in [-0.39, 0.29) is 18.1 Å². The van der Waals surface area contributed by atoms with E-state index in [2.05, 4.69) is 5.32 Å². The van der Waals surface area contributed by atoms with E-state index in [1.54, 1.807) is 4.90 Å². The van der Waals surface area contributed by atoms with Crippen molar-refractivity contribution in [3.8, 4) is 11.5 Å². The number of hydrogen-bond acceptors (Lipinski definition) is 5. The lowest BCUT2D eigenvalue weighted by Gasteiger charge is -2.34. The number of nitrogens with one attached hydrogen (secondary N) is 1. The average molecular weight is 494 g/mol. The van der Waals surface area contributed by atoms with Crippen LogP contribution in [0, 0.1) is 0 Å². The zero-order valence-corrected chi connectivity index (χ0v) is 19.6. The van der Waals surface area contributed by atoms with Gasteiger partial charge in [-0.3, -0.25) is 14.5 Å². The van der Waals surface area contributed by atoms with E-state index in [1.165, 1.54) is 18.2 Å². The molecular weight excluding hydrogens is 463 g/mol. The van der Waals surface area contributed by atoms with E-state index in [0.717, 1.165) is 6.07 Å². The maximum atomic E-state index is 13.1. The van der Waals surface area contributed by atoms with Crippen molar-refractivity contribution in [1.82, 2.24) is 9.80 Å². The van der Waals surface area contributed by atoms with Gasteiger partial charge in [-0.15, -0.1) is 0 Å². The largest absolute Gasteiger partial charge is 0.490 e. The number of ether oxygens (including phenoxy) is 2. The molecule has 2 aromatic rings. The van der Waals surface area contributed by atoms with Crippen molar-refractivity contribution in [3.63, 3.8) is 0 Å². The van der Waals surface area contributed by atoms with Crippen LogP contribution < -0.4 is 14.8 Å². The summed E-state index contributed by atoms with van der Waals surface area (Å²) in [7, 11) is 0. The molecule has 0 aliphatic carbocycles. The Labute approximate surface area is 202 Å². The van der Waals surface area contributed by atoms with Crippen LogP contribution in [0.15, 0.2) is 48.5 Å². The molecule has 2 amide bonds. The van der Waals surface area contributed by atoms with Gasteiger partial charge in [0.1, 0.15) is 0 Å².